The van der Waals surface area contributed by atoms with E-state index < -0.39 is 0 Å². The zero-order valence-electron chi connectivity index (χ0n) is 13.0. The van der Waals surface area contributed by atoms with Crippen LogP contribution in [0.25, 0.3) is 0 Å². The molecule has 0 spiro atoms. The number of aromatic nitrogens is 2. The summed E-state index contributed by atoms with van der Waals surface area (Å²) in [6, 6.07) is 9.84. The van der Waals surface area contributed by atoms with Gasteiger partial charge in [0.05, 0.1) is 6.54 Å². The minimum Gasteiger partial charge on any atom is -0.330 e. The standard InChI is InChI=1S/C17H22N4O.ClH/c18-11-14-3-1-4-16(14)17(22)20-15-7-5-13(6-8-15)12-21-10-2-9-19-21;/h2,5-10,14,16H,1,3-4,11-12,18H2,(H,20,22);1H/t14-,16-;/m1./s1. The molecule has 0 unspecified atom stereocenters. The van der Waals surface area contributed by atoms with E-state index in [0.717, 1.165) is 37.1 Å². The van der Waals surface area contributed by atoms with Crippen LogP contribution >= 0.6 is 12.4 Å². The molecule has 1 aliphatic rings. The van der Waals surface area contributed by atoms with Crippen LogP contribution in [-0.4, -0.2) is 22.2 Å². The fourth-order valence-corrected chi connectivity index (χ4v) is 3.17. The number of rotatable bonds is 5. The van der Waals surface area contributed by atoms with Crippen molar-refractivity contribution in [3.63, 3.8) is 0 Å². The third-order valence-electron chi connectivity index (χ3n) is 4.42. The molecule has 0 aliphatic heterocycles. The first-order valence-corrected chi connectivity index (χ1v) is 7.83. The molecule has 1 heterocycles. The van der Waals surface area contributed by atoms with E-state index in [4.69, 9.17) is 5.73 Å². The van der Waals surface area contributed by atoms with Crippen LogP contribution < -0.4 is 11.1 Å². The van der Waals surface area contributed by atoms with Crippen LogP contribution in [0.3, 0.4) is 0 Å². The minimum absolute atomic E-state index is 0. The third-order valence-corrected chi connectivity index (χ3v) is 4.42. The van der Waals surface area contributed by atoms with Crippen molar-refractivity contribution in [3.05, 3.63) is 48.3 Å². The molecule has 0 bridgehead atoms. The van der Waals surface area contributed by atoms with Gasteiger partial charge in [-0.25, -0.2) is 0 Å². The summed E-state index contributed by atoms with van der Waals surface area (Å²) in [4.78, 5) is 12.3. The van der Waals surface area contributed by atoms with E-state index in [0.29, 0.717) is 12.5 Å². The Morgan fingerprint density at radius 1 is 1.30 bits per heavy atom. The first kappa shape index (κ1) is 17.5. The van der Waals surface area contributed by atoms with Gasteiger partial charge in [-0.05, 0) is 49.1 Å². The van der Waals surface area contributed by atoms with E-state index in [1.807, 2.05) is 41.2 Å². The Balaban J connectivity index is 0.00000192. The monoisotopic (exact) mass is 334 g/mol. The fraction of sp³-hybridized carbons (Fsp3) is 0.412. The largest absolute Gasteiger partial charge is 0.330 e. The quantitative estimate of drug-likeness (QED) is 0.883. The van der Waals surface area contributed by atoms with Gasteiger partial charge in [0, 0.05) is 24.0 Å². The summed E-state index contributed by atoms with van der Waals surface area (Å²) in [5.74, 6) is 0.501. The molecule has 3 N–H and O–H groups in total. The SMILES string of the molecule is Cl.NC[C@H]1CCC[C@H]1C(=O)Nc1ccc(Cn2cccn2)cc1. The van der Waals surface area contributed by atoms with Gasteiger partial charge in [0.2, 0.25) is 5.91 Å². The van der Waals surface area contributed by atoms with E-state index in [-0.39, 0.29) is 24.2 Å². The van der Waals surface area contributed by atoms with Gasteiger partial charge in [0.25, 0.3) is 0 Å². The maximum Gasteiger partial charge on any atom is 0.227 e. The molecule has 1 fully saturated rings. The van der Waals surface area contributed by atoms with Crippen LogP contribution in [-0.2, 0) is 11.3 Å². The summed E-state index contributed by atoms with van der Waals surface area (Å²) >= 11 is 0. The molecule has 6 heteroatoms. The number of nitrogens with zero attached hydrogens (tertiary/aromatic N) is 2. The summed E-state index contributed by atoms with van der Waals surface area (Å²) in [5.41, 5.74) is 7.75. The van der Waals surface area contributed by atoms with Crippen LogP contribution in [0.4, 0.5) is 5.69 Å². The predicted octanol–water partition coefficient (Wildman–Crippen LogP) is 2.67. The van der Waals surface area contributed by atoms with Crippen molar-refractivity contribution in [2.45, 2.75) is 25.8 Å². The average molecular weight is 335 g/mol. The molecule has 2 atom stereocenters. The Labute approximate surface area is 142 Å². The first-order chi connectivity index (χ1) is 10.8. The number of anilines is 1. The van der Waals surface area contributed by atoms with Crippen molar-refractivity contribution in [3.8, 4) is 0 Å². The van der Waals surface area contributed by atoms with Gasteiger partial charge in [-0.2, -0.15) is 5.10 Å². The van der Waals surface area contributed by atoms with Crippen molar-refractivity contribution < 1.29 is 4.79 Å². The predicted molar refractivity (Wildman–Crippen MR) is 93.5 cm³/mol. The number of nitrogens with two attached hydrogens (primary N) is 1. The lowest BCUT2D eigenvalue weighted by atomic mass is 9.95. The van der Waals surface area contributed by atoms with E-state index in [9.17, 15) is 4.79 Å². The average Bonchev–Trinajstić information content (AvgIpc) is 3.20. The molecule has 0 saturated heterocycles. The number of nitrogens with one attached hydrogen (secondary N) is 1. The Hall–Kier alpha value is -1.85. The summed E-state index contributed by atoms with van der Waals surface area (Å²) in [6.07, 6.45) is 6.82. The van der Waals surface area contributed by atoms with E-state index in [1.54, 1.807) is 6.20 Å². The topological polar surface area (TPSA) is 72.9 Å². The molecule has 3 rings (SSSR count). The zero-order chi connectivity index (χ0) is 15.4. The van der Waals surface area contributed by atoms with Crippen molar-refractivity contribution in [1.29, 1.82) is 0 Å². The zero-order valence-corrected chi connectivity index (χ0v) is 13.8. The smallest absolute Gasteiger partial charge is 0.227 e. The Morgan fingerprint density at radius 2 is 2.09 bits per heavy atom. The molecule has 1 aliphatic carbocycles. The lowest BCUT2D eigenvalue weighted by Gasteiger charge is -2.17. The van der Waals surface area contributed by atoms with Crippen molar-refractivity contribution >= 4 is 24.0 Å². The highest BCUT2D eigenvalue weighted by molar-refractivity contribution is 5.92. The van der Waals surface area contributed by atoms with Crippen molar-refractivity contribution in [1.82, 2.24) is 9.78 Å². The molecular formula is C17H23ClN4O. The molecule has 1 aromatic heterocycles. The van der Waals surface area contributed by atoms with Crippen molar-refractivity contribution in [2.75, 3.05) is 11.9 Å². The van der Waals surface area contributed by atoms with Gasteiger partial charge in [-0.1, -0.05) is 18.6 Å². The van der Waals surface area contributed by atoms with E-state index in [2.05, 4.69) is 10.4 Å². The Bertz CT molecular complexity index is 612. The molecular weight excluding hydrogens is 312 g/mol. The highest BCUT2D eigenvalue weighted by atomic mass is 35.5. The Morgan fingerprint density at radius 3 is 2.74 bits per heavy atom. The first-order valence-electron chi connectivity index (χ1n) is 7.83. The Kier molecular flexibility index (Phi) is 6.19. The number of halogens is 1. The molecule has 23 heavy (non-hydrogen) atoms. The van der Waals surface area contributed by atoms with E-state index >= 15 is 0 Å². The lowest BCUT2D eigenvalue weighted by molar-refractivity contribution is -0.120. The maximum absolute atomic E-state index is 12.3. The van der Waals surface area contributed by atoms with Gasteiger partial charge in [-0.3, -0.25) is 9.48 Å². The number of hydrogen-bond acceptors (Lipinski definition) is 3. The number of hydrogen-bond donors (Lipinski definition) is 2. The molecule has 124 valence electrons. The molecule has 1 saturated carbocycles. The maximum atomic E-state index is 12.3. The fourth-order valence-electron chi connectivity index (χ4n) is 3.17. The molecule has 1 amide bonds. The third kappa shape index (κ3) is 4.33. The van der Waals surface area contributed by atoms with Crippen LogP contribution in [0.15, 0.2) is 42.7 Å². The number of amides is 1. The van der Waals surface area contributed by atoms with E-state index in [1.165, 1.54) is 0 Å². The highest BCUT2D eigenvalue weighted by Crippen LogP contribution is 2.31. The van der Waals surface area contributed by atoms with Gasteiger partial charge < -0.3 is 11.1 Å². The second kappa shape index (κ2) is 8.13. The molecule has 2 aromatic rings. The van der Waals surface area contributed by atoms with Crippen molar-refractivity contribution in [2.24, 2.45) is 17.6 Å². The van der Waals surface area contributed by atoms with Crippen LogP contribution in [0, 0.1) is 11.8 Å². The summed E-state index contributed by atoms with van der Waals surface area (Å²) < 4.78 is 1.87. The van der Waals surface area contributed by atoms with Crippen LogP contribution in [0.2, 0.25) is 0 Å². The number of carbonyl (C=O) groups is 1. The van der Waals surface area contributed by atoms with Gasteiger partial charge >= 0.3 is 0 Å². The molecule has 5 nitrogen and oxygen atoms in total. The minimum atomic E-state index is 0. The molecule has 1 aromatic carbocycles. The van der Waals surface area contributed by atoms with Gasteiger partial charge in [0.15, 0.2) is 0 Å². The normalized spacial score (nSPS) is 20.0. The lowest BCUT2D eigenvalue weighted by Crippen LogP contribution is -2.29. The summed E-state index contributed by atoms with van der Waals surface area (Å²) in [6.45, 7) is 1.33. The number of carbonyl (C=O) groups excluding carboxylic acids is 1. The van der Waals surface area contributed by atoms with Gasteiger partial charge in [-0.15, -0.1) is 12.4 Å². The van der Waals surface area contributed by atoms with Gasteiger partial charge in [0.1, 0.15) is 0 Å². The highest BCUT2D eigenvalue weighted by Gasteiger charge is 2.31. The van der Waals surface area contributed by atoms with Crippen LogP contribution in [0.1, 0.15) is 24.8 Å². The molecule has 0 radical (unpaired) electrons. The summed E-state index contributed by atoms with van der Waals surface area (Å²) in [5, 5.41) is 7.20. The summed E-state index contributed by atoms with van der Waals surface area (Å²) in [7, 11) is 0. The second-order valence-electron chi connectivity index (χ2n) is 5.92. The second-order valence-corrected chi connectivity index (χ2v) is 5.92. The van der Waals surface area contributed by atoms with Crippen LogP contribution in [0.5, 0.6) is 0 Å². The number of benzene rings is 1.